The highest BCUT2D eigenvalue weighted by Crippen LogP contribution is 2.26. The van der Waals surface area contributed by atoms with Crippen LogP contribution in [-0.2, 0) is 0 Å². The molecule has 0 saturated carbocycles. The fourth-order valence-electron chi connectivity index (χ4n) is 2.41. The third-order valence-electron chi connectivity index (χ3n) is 3.68. The number of likely N-dealkylation sites (tertiary alicyclic amines) is 1. The third kappa shape index (κ3) is 3.26. The van der Waals surface area contributed by atoms with Gasteiger partial charge in [0.1, 0.15) is 11.9 Å². The van der Waals surface area contributed by atoms with Crippen LogP contribution in [0, 0.1) is 11.3 Å². The topological polar surface area (TPSA) is 75.4 Å². The van der Waals surface area contributed by atoms with E-state index in [0.29, 0.717) is 40.9 Å². The summed E-state index contributed by atoms with van der Waals surface area (Å²) in [5.74, 6) is 0.705. The summed E-state index contributed by atoms with van der Waals surface area (Å²) in [5, 5.41) is 9.35. The second-order valence-electron chi connectivity index (χ2n) is 5.29. The van der Waals surface area contributed by atoms with Crippen LogP contribution in [0.15, 0.2) is 36.5 Å². The molecule has 0 radical (unpaired) electrons. The molecule has 0 N–H and O–H groups in total. The largest absolute Gasteiger partial charge is 0.496 e. The molecular weight excluding hydrogens is 330 g/mol. The fourth-order valence-corrected chi connectivity index (χ4v) is 2.58. The number of nitriles is 1. The number of rotatable bonds is 4. The van der Waals surface area contributed by atoms with E-state index in [2.05, 4.69) is 4.98 Å². The summed E-state index contributed by atoms with van der Waals surface area (Å²) in [4.78, 5) is 18.2. The van der Waals surface area contributed by atoms with Gasteiger partial charge in [0.05, 0.1) is 37.4 Å². The van der Waals surface area contributed by atoms with Gasteiger partial charge in [-0.2, -0.15) is 5.26 Å². The van der Waals surface area contributed by atoms with Gasteiger partial charge in [-0.15, -0.1) is 0 Å². The molecule has 1 aromatic carbocycles. The standard InChI is InChI=1S/C17H14ClN3O3/c1-23-15-3-2-12(18)7-14(15)17(22)21-9-13(10-21)24-16-6-11(8-19)4-5-20-16/h2-7,13H,9-10H2,1H3. The molecule has 1 aliphatic heterocycles. The number of aromatic nitrogens is 1. The fraction of sp³-hybridized carbons (Fsp3) is 0.235. The Morgan fingerprint density at radius 1 is 1.38 bits per heavy atom. The van der Waals surface area contributed by atoms with Crippen LogP contribution in [0.25, 0.3) is 0 Å². The Hall–Kier alpha value is -2.78. The van der Waals surface area contributed by atoms with Gasteiger partial charge in [0.25, 0.3) is 5.91 Å². The molecule has 2 aromatic rings. The van der Waals surface area contributed by atoms with Crippen LogP contribution >= 0.6 is 11.6 Å². The van der Waals surface area contributed by atoms with Gasteiger partial charge >= 0.3 is 0 Å². The zero-order valence-electron chi connectivity index (χ0n) is 12.9. The van der Waals surface area contributed by atoms with E-state index in [4.69, 9.17) is 26.3 Å². The third-order valence-corrected chi connectivity index (χ3v) is 3.91. The molecule has 122 valence electrons. The molecule has 3 rings (SSSR count). The maximum atomic E-state index is 12.5. The highest BCUT2D eigenvalue weighted by atomic mass is 35.5. The summed E-state index contributed by atoms with van der Waals surface area (Å²) in [6, 6.07) is 10.1. The molecule has 0 spiro atoms. The Balaban J connectivity index is 1.63. The van der Waals surface area contributed by atoms with Gasteiger partial charge in [0, 0.05) is 17.3 Å². The number of nitrogens with zero attached hydrogens (tertiary/aromatic N) is 3. The lowest BCUT2D eigenvalue weighted by atomic mass is 10.1. The normalized spacial score (nSPS) is 13.8. The van der Waals surface area contributed by atoms with Crippen LogP contribution in [-0.4, -0.2) is 42.1 Å². The summed E-state index contributed by atoms with van der Waals surface area (Å²) >= 11 is 5.96. The Bertz CT molecular complexity index is 813. The number of pyridine rings is 1. The zero-order valence-corrected chi connectivity index (χ0v) is 13.7. The first-order valence-electron chi connectivity index (χ1n) is 7.26. The van der Waals surface area contributed by atoms with Crippen molar-refractivity contribution in [3.63, 3.8) is 0 Å². The maximum Gasteiger partial charge on any atom is 0.257 e. The van der Waals surface area contributed by atoms with Gasteiger partial charge < -0.3 is 14.4 Å². The van der Waals surface area contributed by atoms with Gasteiger partial charge in [0.2, 0.25) is 5.88 Å². The van der Waals surface area contributed by atoms with Gasteiger partial charge in [-0.3, -0.25) is 4.79 Å². The number of halogens is 1. The second kappa shape index (κ2) is 6.77. The number of carbonyl (C=O) groups excluding carboxylic acids is 1. The van der Waals surface area contributed by atoms with E-state index in [-0.39, 0.29) is 12.0 Å². The van der Waals surface area contributed by atoms with Crippen molar-refractivity contribution in [2.45, 2.75) is 6.10 Å². The van der Waals surface area contributed by atoms with E-state index in [0.717, 1.165) is 0 Å². The number of ether oxygens (including phenoxy) is 2. The zero-order chi connectivity index (χ0) is 17.1. The maximum absolute atomic E-state index is 12.5. The van der Waals surface area contributed by atoms with Gasteiger partial charge in [-0.25, -0.2) is 4.98 Å². The highest BCUT2D eigenvalue weighted by molar-refractivity contribution is 6.31. The first-order chi connectivity index (χ1) is 11.6. The van der Waals surface area contributed by atoms with Crippen molar-refractivity contribution < 1.29 is 14.3 Å². The predicted octanol–water partition coefficient (Wildman–Crippen LogP) is 2.52. The number of carbonyl (C=O) groups is 1. The Labute approximate surface area is 144 Å². The van der Waals surface area contributed by atoms with Crippen molar-refractivity contribution in [2.24, 2.45) is 0 Å². The lowest BCUT2D eigenvalue weighted by Crippen LogP contribution is -2.56. The summed E-state index contributed by atoms with van der Waals surface area (Å²) in [5.41, 5.74) is 0.906. The van der Waals surface area contributed by atoms with Crippen molar-refractivity contribution in [3.05, 3.63) is 52.7 Å². The minimum absolute atomic E-state index is 0.152. The van der Waals surface area contributed by atoms with E-state index in [1.165, 1.54) is 13.3 Å². The van der Waals surface area contributed by atoms with Crippen molar-refractivity contribution in [2.75, 3.05) is 20.2 Å². The van der Waals surface area contributed by atoms with Gasteiger partial charge in [-0.05, 0) is 24.3 Å². The van der Waals surface area contributed by atoms with Crippen LogP contribution in [0.2, 0.25) is 5.02 Å². The molecule has 1 aliphatic rings. The SMILES string of the molecule is COc1ccc(Cl)cc1C(=O)N1CC(Oc2cc(C#N)ccn2)C1. The average Bonchev–Trinajstić information content (AvgIpc) is 2.57. The van der Waals surface area contributed by atoms with Crippen LogP contribution in [0.5, 0.6) is 11.6 Å². The Kier molecular flexibility index (Phi) is 4.54. The molecular formula is C17H14ClN3O3. The summed E-state index contributed by atoms with van der Waals surface area (Å²) in [6.07, 6.45) is 1.37. The molecule has 24 heavy (non-hydrogen) atoms. The Morgan fingerprint density at radius 2 is 2.17 bits per heavy atom. The Morgan fingerprint density at radius 3 is 2.88 bits per heavy atom. The van der Waals surface area contributed by atoms with Crippen molar-refractivity contribution in [3.8, 4) is 17.7 Å². The monoisotopic (exact) mass is 343 g/mol. The van der Waals surface area contributed by atoms with E-state index in [1.807, 2.05) is 6.07 Å². The number of methoxy groups -OCH3 is 1. The minimum atomic E-state index is -0.159. The van der Waals surface area contributed by atoms with Crippen LogP contribution in [0.4, 0.5) is 0 Å². The quantitative estimate of drug-likeness (QED) is 0.852. The van der Waals surface area contributed by atoms with Gasteiger partial charge in [-0.1, -0.05) is 11.6 Å². The molecule has 0 unspecified atom stereocenters. The number of amides is 1. The van der Waals surface area contributed by atoms with E-state index >= 15 is 0 Å². The number of hydrogen-bond donors (Lipinski definition) is 0. The molecule has 1 amide bonds. The minimum Gasteiger partial charge on any atom is -0.496 e. The first kappa shape index (κ1) is 16.1. The molecule has 1 fully saturated rings. The smallest absolute Gasteiger partial charge is 0.257 e. The molecule has 6 nitrogen and oxygen atoms in total. The van der Waals surface area contributed by atoms with E-state index in [9.17, 15) is 4.79 Å². The summed E-state index contributed by atoms with van der Waals surface area (Å²) < 4.78 is 10.9. The number of hydrogen-bond acceptors (Lipinski definition) is 5. The van der Waals surface area contributed by atoms with Crippen LogP contribution in [0.3, 0.4) is 0 Å². The van der Waals surface area contributed by atoms with Crippen LogP contribution in [0.1, 0.15) is 15.9 Å². The second-order valence-corrected chi connectivity index (χ2v) is 5.73. The molecule has 1 saturated heterocycles. The average molecular weight is 344 g/mol. The predicted molar refractivity (Wildman–Crippen MR) is 87.3 cm³/mol. The molecule has 0 aliphatic carbocycles. The lowest BCUT2D eigenvalue weighted by molar-refractivity contribution is 0.0158. The molecule has 0 atom stereocenters. The van der Waals surface area contributed by atoms with Crippen molar-refractivity contribution >= 4 is 17.5 Å². The molecule has 7 heteroatoms. The van der Waals surface area contributed by atoms with E-state index in [1.54, 1.807) is 35.2 Å². The molecule has 2 heterocycles. The van der Waals surface area contributed by atoms with Crippen molar-refractivity contribution in [1.29, 1.82) is 5.26 Å². The highest BCUT2D eigenvalue weighted by Gasteiger charge is 2.34. The molecule has 0 bridgehead atoms. The summed E-state index contributed by atoms with van der Waals surface area (Å²) in [7, 11) is 1.51. The van der Waals surface area contributed by atoms with Crippen molar-refractivity contribution in [1.82, 2.24) is 9.88 Å². The first-order valence-corrected chi connectivity index (χ1v) is 7.64. The lowest BCUT2D eigenvalue weighted by Gasteiger charge is -2.38. The molecule has 1 aromatic heterocycles. The van der Waals surface area contributed by atoms with E-state index < -0.39 is 0 Å². The number of benzene rings is 1. The van der Waals surface area contributed by atoms with Crippen LogP contribution < -0.4 is 9.47 Å². The van der Waals surface area contributed by atoms with Gasteiger partial charge in [0.15, 0.2) is 0 Å². The summed E-state index contributed by atoms with van der Waals surface area (Å²) in [6.45, 7) is 0.875.